The molecule has 24 heavy (non-hydrogen) atoms. The van der Waals surface area contributed by atoms with Gasteiger partial charge in [-0.2, -0.15) is 10.2 Å². The van der Waals surface area contributed by atoms with Crippen molar-refractivity contribution in [3.63, 3.8) is 0 Å². The highest BCUT2D eigenvalue weighted by molar-refractivity contribution is 5.53. The summed E-state index contributed by atoms with van der Waals surface area (Å²) in [6.45, 7) is 5.03. The monoisotopic (exact) mass is 326 g/mol. The first kappa shape index (κ1) is 17.6. The summed E-state index contributed by atoms with van der Waals surface area (Å²) < 4.78 is 0. The summed E-state index contributed by atoms with van der Waals surface area (Å²) >= 11 is 0. The highest BCUT2D eigenvalue weighted by atomic mass is 16.6. The van der Waals surface area contributed by atoms with Crippen molar-refractivity contribution in [1.82, 2.24) is 0 Å². The molecule has 0 saturated carbocycles. The van der Waals surface area contributed by atoms with Gasteiger partial charge in [0.05, 0.1) is 16.3 Å². The number of nitrogens with zero attached hydrogens (tertiary/aromatic N) is 4. The van der Waals surface area contributed by atoms with Crippen molar-refractivity contribution in [1.29, 1.82) is 0 Å². The van der Waals surface area contributed by atoms with Crippen molar-refractivity contribution >= 4 is 22.7 Å². The molecule has 126 valence electrons. The Balaban J connectivity index is 2.14. The molecule has 0 saturated heterocycles. The molecule has 0 aliphatic carbocycles. The fourth-order valence-electron chi connectivity index (χ4n) is 2.45. The molecule has 2 aromatic rings. The van der Waals surface area contributed by atoms with Crippen LogP contribution >= 0.6 is 0 Å². The molecular formula is C18H22N4O2. The normalized spacial score (nSPS) is 11.0. The summed E-state index contributed by atoms with van der Waals surface area (Å²) in [5.74, 6) is 0. The Bertz CT molecular complexity index is 726. The Morgan fingerprint density at radius 2 is 1.67 bits per heavy atom. The van der Waals surface area contributed by atoms with E-state index >= 15 is 0 Å². The van der Waals surface area contributed by atoms with Crippen LogP contribution < -0.4 is 4.90 Å². The van der Waals surface area contributed by atoms with Gasteiger partial charge in [-0.25, -0.2) is 0 Å². The van der Waals surface area contributed by atoms with Gasteiger partial charge in [-0.05, 0) is 49.2 Å². The van der Waals surface area contributed by atoms with E-state index in [-0.39, 0.29) is 10.6 Å². The topological polar surface area (TPSA) is 71.1 Å². The van der Waals surface area contributed by atoms with E-state index in [2.05, 4.69) is 29.1 Å². The lowest BCUT2D eigenvalue weighted by atomic mass is 10.1. The summed E-state index contributed by atoms with van der Waals surface area (Å²) in [6.07, 6.45) is 1.68. The van der Waals surface area contributed by atoms with E-state index in [0.29, 0.717) is 17.7 Å². The molecule has 0 spiro atoms. The minimum absolute atomic E-state index is 0.125. The van der Waals surface area contributed by atoms with Crippen molar-refractivity contribution in [3.05, 3.63) is 58.1 Å². The molecule has 0 aliphatic rings. The van der Waals surface area contributed by atoms with Gasteiger partial charge in [0.2, 0.25) is 0 Å². The third kappa shape index (κ3) is 4.38. The predicted molar refractivity (Wildman–Crippen MR) is 96.7 cm³/mol. The van der Waals surface area contributed by atoms with Crippen LogP contribution in [0.1, 0.15) is 25.8 Å². The number of azo groups is 1. The molecule has 0 aromatic heterocycles. The number of hydrogen-bond acceptors (Lipinski definition) is 5. The van der Waals surface area contributed by atoms with Crippen LogP contribution in [-0.4, -0.2) is 18.5 Å². The minimum Gasteiger partial charge on any atom is -0.375 e. The highest BCUT2D eigenvalue weighted by Crippen LogP contribution is 2.27. The molecule has 0 fully saturated rings. The summed E-state index contributed by atoms with van der Waals surface area (Å²) in [7, 11) is 2.06. The largest absolute Gasteiger partial charge is 0.375 e. The molecule has 0 N–H and O–H groups in total. The van der Waals surface area contributed by atoms with E-state index in [1.807, 2.05) is 31.2 Å². The predicted octanol–water partition coefficient (Wildman–Crippen LogP) is 5.42. The molecule has 0 aliphatic heterocycles. The van der Waals surface area contributed by atoms with Gasteiger partial charge >= 0.3 is 0 Å². The molecule has 0 radical (unpaired) electrons. The summed E-state index contributed by atoms with van der Waals surface area (Å²) in [5.41, 5.74) is 3.29. The third-order valence-electron chi connectivity index (χ3n) is 3.77. The van der Waals surface area contributed by atoms with Crippen molar-refractivity contribution < 1.29 is 4.92 Å². The number of nitro groups is 1. The van der Waals surface area contributed by atoms with Gasteiger partial charge in [-0.3, -0.25) is 10.1 Å². The molecule has 0 unspecified atom stereocenters. The van der Waals surface area contributed by atoms with E-state index in [0.717, 1.165) is 24.3 Å². The van der Waals surface area contributed by atoms with E-state index in [9.17, 15) is 10.1 Å². The second-order valence-corrected chi connectivity index (χ2v) is 5.56. The van der Waals surface area contributed by atoms with Crippen molar-refractivity contribution in [2.24, 2.45) is 10.2 Å². The van der Waals surface area contributed by atoms with Gasteiger partial charge in [0.25, 0.3) is 5.69 Å². The second kappa shape index (κ2) is 8.19. The number of hydrogen-bond donors (Lipinski definition) is 0. The third-order valence-corrected chi connectivity index (χ3v) is 3.77. The lowest BCUT2D eigenvalue weighted by Gasteiger charge is -2.17. The van der Waals surface area contributed by atoms with Gasteiger partial charge in [-0.15, -0.1) is 0 Å². The average molecular weight is 326 g/mol. The Morgan fingerprint density at radius 1 is 1.04 bits per heavy atom. The van der Waals surface area contributed by atoms with Gasteiger partial charge in [0, 0.05) is 30.9 Å². The van der Waals surface area contributed by atoms with Gasteiger partial charge in [0.1, 0.15) is 0 Å². The first-order valence-electron chi connectivity index (χ1n) is 8.05. The fourth-order valence-corrected chi connectivity index (χ4v) is 2.45. The maximum absolute atomic E-state index is 11.0. The molecule has 2 aromatic carbocycles. The first-order valence-corrected chi connectivity index (χ1v) is 8.05. The quantitative estimate of drug-likeness (QED) is 0.387. The Labute approximate surface area is 142 Å². The van der Waals surface area contributed by atoms with Crippen LogP contribution in [0.15, 0.2) is 52.7 Å². The van der Waals surface area contributed by atoms with Crippen molar-refractivity contribution in [2.75, 3.05) is 18.5 Å². The number of nitro benzene ring substituents is 1. The SMILES string of the molecule is CCCN(C)c1ccc(N=Nc2ccc([N+](=O)[O-])c(CC)c2)cc1. The average Bonchev–Trinajstić information content (AvgIpc) is 2.60. The summed E-state index contributed by atoms with van der Waals surface area (Å²) in [4.78, 5) is 12.8. The molecule has 6 heteroatoms. The standard InChI is InChI=1S/C18H22N4O2/c1-4-12-21(3)17-9-6-15(7-10-17)19-20-16-8-11-18(22(23)24)14(5-2)13-16/h6-11,13H,4-5,12H2,1-3H3. The molecule has 0 amide bonds. The zero-order chi connectivity index (χ0) is 17.5. The molecular weight excluding hydrogens is 304 g/mol. The highest BCUT2D eigenvalue weighted by Gasteiger charge is 2.12. The minimum atomic E-state index is -0.370. The molecule has 0 heterocycles. The first-order chi connectivity index (χ1) is 11.5. The lowest BCUT2D eigenvalue weighted by Crippen LogP contribution is -2.17. The Hall–Kier alpha value is -2.76. The van der Waals surface area contributed by atoms with Crippen LogP contribution in [-0.2, 0) is 6.42 Å². The summed E-state index contributed by atoms with van der Waals surface area (Å²) in [6, 6.07) is 12.7. The summed E-state index contributed by atoms with van der Waals surface area (Å²) in [5, 5.41) is 19.3. The number of rotatable bonds is 7. The van der Waals surface area contributed by atoms with Crippen LogP contribution in [0.4, 0.5) is 22.7 Å². The molecule has 6 nitrogen and oxygen atoms in total. The number of benzene rings is 2. The van der Waals surface area contributed by atoms with E-state index < -0.39 is 0 Å². The van der Waals surface area contributed by atoms with Gasteiger partial charge < -0.3 is 4.90 Å². The van der Waals surface area contributed by atoms with E-state index in [1.165, 1.54) is 6.07 Å². The van der Waals surface area contributed by atoms with Crippen molar-refractivity contribution in [3.8, 4) is 0 Å². The van der Waals surface area contributed by atoms with E-state index in [4.69, 9.17) is 0 Å². The fraction of sp³-hybridized carbons (Fsp3) is 0.333. The molecule has 2 rings (SSSR count). The maximum atomic E-state index is 11.0. The Kier molecular flexibility index (Phi) is 6.01. The maximum Gasteiger partial charge on any atom is 0.272 e. The van der Waals surface area contributed by atoms with Crippen LogP contribution in [0.5, 0.6) is 0 Å². The van der Waals surface area contributed by atoms with E-state index in [1.54, 1.807) is 12.1 Å². The van der Waals surface area contributed by atoms with Crippen molar-refractivity contribution in [2.45, 2.75) is 26.7 Å². The van der Waals surface area contributed by atoms with Gasteiger partial charge in [-0.1, -0.05) is 13.8 Å². The van der Waals surface area contributed by atoms with Gasteiger partial charge in [0.15, 0.2) is 0 Å². The second-order valence-electron chi connectivity index (χ2n) is 5.56. The zero-order valence-electron chi connectivity index (χ0n) is 14.3. The lowest BCUT2D eigenvalue weighted by molar-refractivity contribution is -0.385. The number of anilines is 1. The van der Waals surface area contributed by atoms with Crippen LogP contribution in [0, 0.1) is 10.1 Å². The Morgan fingerprint density at radius 3 is 2.25 bits per heavy atom. The zero-order valence-corrected chi connectivity index (χ0v) is 14.3. The van der Waals surface area contributed by atoms with Crippen LogP contribution in [0.3, 0.4) is 0 Å². The van der Waals surface area contributed by atoms with Crippen LogP contribution in [0.25, 0.3) is 0 Å². The number of aryl methyl sites for hydroxylation is 1. The molecule has 0 bridgehead atoms. The molecule has 0 atom stereocenters. The van der Waals surface area contributed by atoms with Crippen LogP contribution in [0.2, 0.25) is 0 Å². The smallest absolute Gasteiger partial charge is 0.272 e.